The van der Waals surface area contributed by atoms with Crippen molar-refractivity contribution in [3.05, 3.63) is 35.4 Å². The van der Waals surface area contributed by atoms with Crippen LogP contribution in [0.5, 0.6) is 0 Å². The van der Waals surface area contributed by atoms with Crippen molar-refractivity contribution in [3.8, 4) is 6.07 Å². The second kappa shape index (κ2) is 5.97. The van der Waals surface area contributed by atoms with E-state index in [4.69, 9.17) is 10.00 Å². The number of rotatable bonds is 3. The number of nitriles is 1. The third kappa shape index (κ3) is 3.01. The van der Waals surface area contributed by atoms with Crippen LogP contribution in [0.2, 0.25) is 0 Å². The lowest BCUT2D eigenvalue weighted by molar-refractivity contribution is -0.143. The van der Waals surface area contributed by atoms with Crippen molar-refractivity contribution in [2.75, 3.05) is 13.2 Å². The van der Waals surface area contributed by atoms with E-state index in [1.54, 1.807) is 12.1 Å². The zero-order valence-corrected chi connectivity index (χ0v) is 10.7. The van der Waals surface area contributed by atoms with Crippen LogP contribution in [0.25, 0.3) is 0 Å². The number of hydrogen-bond acceptors (Lipinski definition) is 5. The van der Waals surface area contributed by atoms with E-state index in [1.165, 1.54) is 12.1 Å². The number of nitrogens with zero attached hydrogens (tertiary/aromatic N) is 2. The minimum atomic E-state index is -0.693. The predicted molar refractivity (Wildman–Crippen MR) is 67.4 cm³/mol. The Morgan fingerprint density at radius 3 is 2.85 bits per heavy atom. The van der Waals surface area contributed by atoms with Gasteiger partial charge in [0.1, 0.15) is 0 Å². The number of imide groups is 1. The van der Waals surface area contributed by atoms with Gasteiger partial charge >= 0.3 is 5.97 Å². The van der Waals surface area contributed by atoms with Crippen molar-refractivity contribution in [2.45, 2.75) is 12.8 Å². The topological polar surface area (TPSA) is 87.5 Å². The van der Waals surface area contributed by atoms with E-state index in [2.05, 4.69) is 0 Å². The van der Waals surface area contributed by atoms with Crippen molar-refractivity contribution >= 4 is 17.8 Å². The summed E-state index contributed by atoms with van der Waals surface area (Å²) in [6.07, 6.45) is 0.993. The number of likely N-dealkylation sites (tertiary alicyclic amines) is 1. The Bertz CT molecular complexity index is 603. The lowest BCUT2D eigenvalue weighted by Gasteiger charge is -2.13. The molecule has 2 rings (SSSR count). The Hall–Kier alpha value is -2.68. The number of benzene rings is 1. The standard InChI is InChI=1S/C14H12N2O4/c15-8-10-3-1-4-11(7-10)14(19)20-9-13(18)16-6-2-5-12(16)17/h1,3-4,7H,2,5-6,9H2. The first-order valence-corrected chi connectivity index (χ1v) is 6.12. The number of carbonyl (C=O) groups is 3. The van der Waals surface area contributed by atoms with Crippen LogP contribution >= 0.6 is 0 Å². The molecule has 0 unspecified atom stereocenters. The molecule has 0 spiro atoms. The molecule has 1 saturated heterocycles. The normalized spacial score (nSPS) is 13.9. The molecule has 6 nitrogen and oxygen atoms in total. The molecular weight excluding hydrogens is 260 g/mol. The van der Waals surface area contributed by atoms with Gasteiger partial charge in [-0.15, -0.1) is 0 Å². The van der Waals surface area contributed by atoms with E-state index in [-0.39, 0.29) is 11.5 Å². The van der Waals surface area contributed by atoms with E-state index in [0.717, 1.165) is 4.90 Å². The molecule has 0 bridgehead atoms. The van der Waals surface area contributed by atoms with Gasteiger partial charge in [0.05, 0.1) is 17.2 Å². The van der Waals surface area contributed by atoms with Crippen molar-refractivity contribution in [1.82, 2.24) is 4.90 Å². The zero-order valence-electron chi connectivity index (χ0n) is 10.7. The summed E-state index contributed by atoms with van der Waals surface area (Å²) in [4.78, 5) is 35.9. The number of ether oxygens (including phenoxy) is 1. The Morgan fingerprint density at radius 2 is 2.20 bits per heavy atom. The lowest BCUT2D eigenvalue weighted by Crippen LogP contribution is -2.35. The minimum Gasteiger partial charge on any atom is -0.452 e. The molecule has 0 N–H and O–H groups in total. The van der Waals surface area contributed by atoms with E-state index >= 15 is 0 Å². The quantitative estimate of drug-likeness (QED) is 0.762. The van der Waals surface area contributed by atoms with Gasteiger partial charge in [-0.2, -0.15) is 5.26 Å². The van der Waals surface area contributed by atoms with E-state index in [9.17, 15) is 14.4 Å². The number of esters is 1. The molecule has 1 aromatic rings. The van der Waals surface area contributed by atoms with Crippen LogP contribution in [0.3, 0.4) is 0 Å². The molecule has 0 aromatic heterocycles. The van der Waals surface area contributed by atoms with Gasteiger partial charge < -0.3 is 4.74 Å². The first-order valence-electron chi connectivity index (χ1n) is 6.12. The molecule has 6 heteroatoms. The smallest absolute Gasteiger partial charge is 0.338 e. The monoisotopic (exact) mass is 272 g/mol. The fourth-order valence-corrected chi connectivity index (χ4v) is 1.92. The molecule has 20 heavy (non-hydrogen) atoms. The number of amides is 2. The van der Waals surface area contributed by atoms with Crippen molar-refractivity contribution < 1.29 is 19.1 Å². The molecule has 102 valence electrons. The molecule has 1 fully saturated rings. The largest absolute Gasteiger partial charge is 0.452 e. The second-order valence-electron chi connectivity index (χ2n) is 4.31. The molecule has 0 radical (unpaired) electrons. The Morgan fingerprint density at radius 1 is 1.40 bits per heavy atom. The Balaban J connectivity index is 1.93. The molecule has 0 saturated carbocycles. The van der Waals surface area contributed by atoms with E-state index < -0.39 is 18.5 Å². The van der Waals surface area contributed by atoms with Crippen LogP contribution in [0.15, 0.2) is 24.3 Å². The zero-order chi connectivity index (χ0) is 14.5. The van der Waals surface area contributed by atoms with Gasteiger partial charge in [-0.1, -0.05) is 6.07 Å². The van der Waals surface area contributed by atoms with Crippen molar-refractivity contribution in [1.29, 1.82) is 5.26 Å². The highest BCUT2D eigenvalue weighted by molar-refractivity contribution is 5.98. The van der Waals surface area contributed by atoms with E-state index in [0.29, 0.717) is 24.9 Å². The van der Waals surface area contributed by atoms with Crippen LogP contribution in [0.1, 0.15) is 28.8 Å². The van der Waals surface area contributed by atoms with Gasteiger partial charge in [0.15, 0.2) is 6.61 Å². The predicted octanol–water partition coefficient (Wildman–Crippen LogP) is 0.864. The average molecular weight is 272 g/mol. The van der Waals surface area contributed by atoms with Crippen LogP contribution in [0.4, 0.5) is 0 Å². The van der Waals surface area contributed by atoms with Crippen LogP contribution in [0, 0.1) is 11.3 Å². The molecule has 1 aromatic carbocycles. The third-order valence-electron chi connectivity index (χ3n) is 2.93. The minimum absolute atomic E-state index is 0.199. The molecule has 0 atom stereocenters. The van der Waals surface area contributed by atoms with Gasteiger partial charge in [-0.05, 0) is 24.6 Å². The third-order valence-corrected chi connectivity index (χ3v) is 2.93. The molecule has 1 aliphatic rings. The molecule has 1 heterocycles. The van der Waals surface area contributed by atoms with Gasteiger partial charge in [0, 0.05) is 13.0 Å². The second-order valence-corrected chi connectivity index (χ2v) is 4.31. The maximum Gasteiger partial charge on any atom is 0.338 e. The van der Waals surface area contributed by atoms with Crippen LogP contribution in [-0.4, -0.2) is 35.8 Å². The van der Waals surface area contributed by atoms with Crippen molar-refractivity contribution in [3.63, 3.8) is 0 Å². The van der Waals surface area contributed by atoms with Crippen LogP contribution in [-0.2, 0) is 14.3 Å². The van der Waals surface area contributed by atoms with Crippen LogP contribution < -0.4 is 0 Å². The first kappa shape index (κ1) is 13.7. The summed E-state index contributed by atoms with van der Waals surface area (Å²) < 4.78 is 4.86. The van der Waals surface area contributed by atoms with Gasteiger partial charge in [0.2, 0.25) is 5.91 Å². The summed E-state index contributed by atoms with van der Waals surface area (Å²) >= 11 is 0. The highest BCUT2D eigenvalue weighted by atomic mass is 16.5. The summed E-state index contributed by atoms with van der Waals surface area (Å²) in [5, 5.41) is 8.73. The highest BCUT2D eigenvalue weighted by Crippen LogP contribution is 2.10. The molecule has 1 aliphatic heterocycles. The van der Waals surface area contributed by atoms with Crippen molar-refractivity contribution in [2.24, 2.45) is 0 Å². The average Bonchev–Trinajstić information content (AvgIpc) is 2.90. The maximum atomic E-state index is 11.7. The fourth-order valence-electron chi connectivity index (χ4n) is 1.92. The Kier molecular flexibility index (Phi) is 4.11. The SMILES string of the molecule is N#Cc1cccc(C(=O)OCC(=O)N2CCCC2=O)c1. The van der Waals surface area contributed by atoms with Gasteiger partial charge in [0.25, 0.3) is 5.91 Å². The first-order chi connectivity index (χ1) is 9.61. The summed E-state index contributed by atoms with van der Waals surface area (Å²) in [7, 11) is 0. The van der Waals surface area contributed by atoms with E-state index in [1.807, 2.05) is 6.07 Å². The molecule has 0 aliphatic carbocycles. The summed E-state index contributed by atoms with van der Waals surface area (Å²) in [5.41, 5.74) is 0.532. The fraction of sp³-hybridized carbons (Fsp3) is 0.286. The number of carbonyl (C=O) groups excluding carboxylic acids is 3. The maximum absolute atomic E-state index is 11.7. The lowest BCUT2D eigenvalue weighted by atomic mass is 10.1. The Labute approximate surface area is 115 Å². The highest BCUT2D eigenvalue weighted by Gasteiger charge is 2.27. The van der Waals surface area contributed by atoms with Gasteiger partial charge in [-0.3, -0.25) is 14.5 Å². The van der Waals surface area contributed by atoms with Gasteiger partial charge in [-0.25, -0.2) is 4.79 Å². The summed E-state index contributed by atoms with van der Waals surface area (Å²) in [6.45, 7) is -0.0967. The number of hydrogen-bond donors (Lipinski definition) is 0. The summed E-state index contributed by atoms with van der Waals surface area (Å²) in [6, 6.07) is 7.90. The summed E-state index contributed by atoms with van der Waals surface area (Å²) in [5.74, 6) is -1.45. The molecule has 2 amide bonds. The molecular formula is C14H12N2O4.